The number of hydrogen-bond acceptors (Lipinski definition) is 3. The maximum atomic E-state index is 13.7. The molecule has 0 radical (unpaired) electrons. The van der Waals surface area contributed by atoms with Gasteiger partial charge in [-0.15, -0.1) is 35.3 Å². The van der Waals surface area contributed by atoms with E-state index in [0.29, 0.717) is 12.1 Å². The first-order chi connectivity index (χ1) is 11.6. The van der Waals surface area contributed by atoms with Crippen molar-refractivity contribution in [2.24, 2.45) is 4.99 Å². The summed E-state index contributed by atoms with van der Waals surface area (Å²) in [6.07, 6.45) is 0. The van der Waals surface area contributed by atoms with E-state index in [0.717, 1.165) is 18.1 Å². The van der Waals surface area contributed by atoms with Crippen molar-refractivity contribution in [3.63, 3.8) is 0 Å². The van der Waals surface area contributed by atoms with Gasteiger partial charge in [-0.3, -0.25) is 0 Å². The van der Waals surface area contributed by atoms with Gasteiger partial charge in [-0.05, 0) is 43.0 Å². The van der Waals surface area contributed by atoms with Crippen LogP contribution >= 0.6 is 35.3 Å². The molecule has 1 atom stereocenters. The summed E-state index contributed by atoms with van der Waals surface area (Å²) in [5.41, 5.74) is 1.50. The summed E-state index contributed by atoms with van der Waals surface area (Å²) in [6.45, 7) is 5.65. The quantitative estimate of drug-likeness (QED) is 0.352. The molecular formula is C18H25FIN3OS. The van der Waals surface area contributed by atoms with Crippen LogP contribution in [0.4, 0.5) is 4.39 Å². The van der Waals surface area contributed by atoms with Gasteiger partial charge in [0.25, 0.3) is 0 Å². The predicted molar refractivity (Wildman–Crippen MR) is 113 cm³/mol. The Balaban J connectivity index is 0.00000312. The van der Waals surface area contributed by atoms with Gasteiger partial charge in [0.1, 0.15) is 5.82 Å². The second-order valence-corrected chi connectivity index (χ2v) is 6.41. The fourth-order valence-corrected chi connectivity index (χ4v) is 3.03. The van der Waals surface area contributed by atoms with Crippen LogP contribution in [0, 0.1) is 5.82 Å². The van der Waals surface area contributed by atoms with Gasteiger partial charge in [0.05, 0.1) is 19.2 Å². The standard InChI is InChI=1S/C18H24FN3OS.HI/c1-4-20-18(22-13(2)17-6-5-9-24-17)21-11-14-7-8-16(19)15(10-14)12-23-3;/h5-10,13H,4,11-12H2,1-3H3,(H2,20,21,22);1H. The fraction of sp³-hybridized carbons (Fsp3) is 0.389. The van der Waals surface area contributed by atoms with Crippen LogP contribution in [0.15, 0.2) is 40.7 Å². The molecule has 0 saturated carbocycles. The SMILES string of the molecule is CCNC(=NCc1ccc(F)c(COC)c1)NC(C)c1cccs1.I. The second kappa shape index (κ2) is 11.4. The van der Waals surface area contributed by atoms with E-state index >= 15 is 0 Å². The minimum atomic E-state index is -0.249. The van der Waals surface area contributed by atoms with Crippen molar-refractivity contribution in [1.29, 1.82) is 0 Å². The molecule has 1 aromatic carbocycles. The Bertz CT molecular complexity index is 664. The van der Waals surface area contributed by atoms with Crippen LogP contribution in [-0.2, 0) is 17.9 Å². The van der Waals surface area contributed by atoms with Crippen molar-refractivity contribution < 1.29 is 9.13 Å². The number of hydrogen-bond donors (Lipinski definition) is 2. The number of nitrogens with one attached hydrogen (secondary N) is 2. The Morgan fingerprint density at radius 1 is 1.36 bits per heavy atom. The minimum Gasteiger partial charge on any atom is -0.380 e. The first kappa shape index (κ1) is 21.9. The number of benzene rings is 1. The summed E-state index contributed by atoms with van der Waals surface area (Å²) in [5, 5.41) is 8.70. The zero-order valence-electron chi connectivity index (χ0n) is 14.7. The summed E-state index contributed by atoms with van der Waals surface area (Å²) >= 11 is 1.71. The van der Waals surface area contributed by atoms with E-state index in [1.807, 2.05) is 13.0 Å². The highest BCUT2D eigenvalue weighted by Gasteiger charge is 2.09. The number of rotatable bonds is 7. The summed E-state index contributed by atoms with van der Waals surface area (Å²) in [5.74, 6) is 0.497. The van der Waals surface area contributed by atoms with E-state index in [4.69, 9.17) is 4.74 Å². The molecule has 2 N–H and O–H groups in total. The van der Waals surface area contributed by atoms with E-state index in [1.54, 1.807) is 30.6 Å². The minimum absolute atomic E-state index is 0. The van der Waals surface area contributed by atoms with Crippen LogP contribution < -0.4 is 10.6 Å². The monoisotopic (exact) mass is 477 g/mol. The van der Waals surface area contributed by atoms with Crippen LogP contribution in [0.5, 0.6) is 0 Å². The molecular weight excluding hydrogens is 452 g/mol. The zero-order chi connectivity index (χ0) is 17.4. The molecule has 1 heterocycles. The lowest BCUT2D eigenvalue weighted by Gasteiger charge is -2.16. The molecule has 0 fully saturated rings. The first-order valence-corrected chi connectivity index (χ1v) is 8.86. The van der Waals surface area contributed by atoms with Crippen molar-refractivity contribution in [3.05, 3.63) is 57.5 Å². The number of halogens is 2. The third kappa shape index (κ3) is 6.91. The molecule has 25 heavy (non-hydrogen) atoms. The lowest BCUT2D eigenvalue weighted by Crippen LogP contribution is -2.38. The lowest BCUT2D eigenvalue weighted by atomic mass is 10.1. The van der Waals surface area contributed by atoms with Gasteiger partial charge in [0.15, 0.2) is 5.96 Å². The first-order valence-electron chi connectivity index (χ1n) is 7.98. The Kier molecular flexibility index (Phi) is 9.99. The third-order valence-corrected chi connectivity index (χ3v) is 4.55. The molecule has 0 aliphatic carbocycles. The highest BCUT2D eigenvalue weighted by Crippen LogP contribution is 2.18. The molecule has 0 amide bonds. The van der Waals surface area contributed by atoms with Gasteiger partial charge >= 0.3 is 0 Å². The molecule has 0 aliphatic rings. The normalized spacial score (nSPS) is 12.4. The molecule has 0 spiro atoms. The van der Waals surface area contributed by atoms with Crippen LogP contribution in [-0.4, -0.2) is 19.6 Å². The van der Waals surface area contributed by atoms with Gasteiger partial charge in [-0.2, -0.15) is 0 Å². The highest BCUT2D eigenvalue weighted by molar-refractivity contribution is 14.0. The van der Waals surface area contributed by atoms with Crippen molar-refractivity contribution in [1.82, 2.24) is 10.6 Å². The lowest BCUT2D eigenvalue weighted by molar-refractivity contribution is 0.181. The average molecular weight is 477 g/mol. The number of nitrogens with zero attached hydrogens (tertiary/aromatic N) is 1. The maximum absolute atomic E-state index is 13.7. The molecule has 0 bridgehead atoms. The number of guanidine groups is 1. The van der Waals surface area contributed by atoms with Gasteiger partial charge in [0.2, 0.25) is 0 Å². The zero-order valence-corrected chi connectivity index (χ0v) is 17.9. The number of methoxy groups -OCH3 is 1. The molecule has 138 valence electrons. The second-order valence-electron chi connectivity index (χ2n) is 5.44. The van der Waals surface area contributed by atoms with E-state index in [9.17, 15) is 4.39 Å². The Morgan fingerprint density at radius 2 is 2.16 bits per heavy atom. The van der Waals surface area contributed by atoms with Gasteiger partial charge in [-0.25, -0.2) is 9.38 Å². The molecule has 2 aromatic rings. The van der Waals surface area contributed by atoms with Crippen LogP contribution in [0.25, 0.3) is 0 Å². The predicted octanol–water partition coefficient (Wildman–Crippen LogP) is 4.47. The molecule has 0 saturated heterocycles. The van der Waals surface area contributed by atoms with Crippen molar-refractivity contribution in [3.8, 4) is 0 Å². The van der Waals surface area contributed by atoms with Crippen LogP contribution in [0.1, 0.15) is 35.9 Å². The van der Waals surface area contributed by atoms with Gasteiger partial charge < -0.3 is 15.4 Å². The topological polar surface area (TPSA) is 45.7 Å². The van der Waals surface area contributed by atoms with Crippen molar-refractivity contribution >= 4 is 41.3 Å². The van der Waals surface area contributed by atoms with Gasteiger partial charge in [-0.1, -0.05) is 12.1 Å². The summed E-state index contributed by atoms with van der Waals surface area (Å²) in [7, 11) is 1.56. The van der Waals surface area contributed by atoms with E-state index < -0.39 is 0 Å². The van der Waals surface area contributed by atoms with Gasteiger partial charge in [0, 0.05) is 24.1 Å². The van der Waals surface area contributed by atoms with Crippen molar-refractivity contribution in [2.75, 3.05) is 13.7 Å². The van der Waals surface area contributed by atoms with E-state index in [-0.39, 0.29) is 42.4 Å². The largest absolute Gasteiger partial charge is 0.380 e. The molecule has 7 heteroatoms. The molecule has 1 aromatic heterocycles. The van der Waals surface area contributed by atoms with E-state index in [1.165, 1.54) is 10.9 Å². The third-order valence-electron chi connectivity index (χ3n) is 3.50. The molecule has 0 aliphatic heterocycles. The summed E-state index contributed by atoms with van der Waals surface area (Å²) in [4.78, 5) is 5.85. The molecule has 4 nitrogen and oxygen atoms in total. The Hall–Kier alpha value is -1.19. The van der Waals surface area contributed by atoms with E-state index in [2.05, 4.69) is 34.0 Å². The number of aliphatic imine (C=N–C) groups is 1. The highest BCUT2D eigenvalue weighted by atomic mass is 127. The number of ether oxygens (including phenoxy) is 1. The fourth-order valence-electron chi connectivity index (χ4n) is 2.30. The Labute approximate surface area is 169 Å². The average Bonchev–Trinajstić information content (AvgIpc) is 3.10. The smallest absolute Gasteiger partial charge is 0.192 e. The maximum Gasteiger partial charge on any atom is 0.192 e. The van der Waals surface area contributed by atoms with Crippen LogP contribution in [0.3, 0.4) is 0 Å². The summed E-state index contributed by atoms with van der Waals surface area (Å²) < 4.78 is 18.7. The number of thiophene rings is 1. The van der Waals surface area contributed by atoms with Crippen molar-refractivity contribution in [2.45, 2.75) is 33.0 Å². The van der Waals surface area contributed by atoms with Crippen LogP contribution in [0.2, 0.25) is 0 Å². The summed E-state index contributed by atoms with van der Waals surface area (Å²) in [6, 6.07) is 9.34. The molecule has 1 unspecified atom stereocenters. The molecule has 2 rings (SSSR count). The Morgan fingerprint density at radius 3 is 2.80 bits per heavy atom.